The number of hydrogen-bond acceptors (Lipinski definition) is 4. The highest BCUT2D eigenvalue weighted by Crippen LogP contribution is 2.22. The molecule has 0 radical (unpaired) electrons. The third kappa shape index (κ3) is 3.87. The standard InChI is InChI=1S/C15H18N2O2S/c1-3-13(20-10-12-7-5-9-19-12)15(18)17-14-11(2)6-4-8-16-14/h4-9,13H,3,10H2,1-2H3,(H,16,17,18). The fraction of sp³-hybridized carbons (Fsp3) is 0.333. The Morgan fingerprint density at radius 3 is 2.95 bits per heavy atom. The molecule has 0 saturated carbocycles. The van der Waals surface area contributed by atoms with Crippen molar-refractivity contribution in [2.45, 2.75) is 31.3 Å². The molecule has 1 atom stereocenters. The molecule has 1 N–H and O–H groups in total. The number of furan rings is 1. The molecule has 0 saturated heterocycles. The number of nitrogens with one attached hydrogen (secondary N) is 1. The zero-order chi connectivity index (χ0) is 14.4. The van der Waals surface area contributed by atoms with Crippen molar-refractivity contribution in [3.63, 3.8) is 0 Å². The second kappa shape index (κ2) is 7.14. The van der Waals surface area contributed by atoms with E-state index in [4.69, 9.17) is 4.42 Å². The lowest BCUT2D eigenvalue weighted by Gasteiger charge is -2.14. The minimum atomic E-state index is -0.110. The van der Waals surface area contributed by atoms with Crippen LogP contribution in [0.3, 0.4) is 0 Å². The lowest BCUT2D eigenvalue weighted by atomic mass is 10.2. The van der Waals surface area contributed by atoms with Crippen molar-refractivity contribution in [2.24, 2.45) is 0 Å². The average molecular weight is 290 g/mol. The summed E-state index contributed by atoms with van der Waals surface area (Å²) in [6.45, 7) is 3.93. The summed E-state index contributed by atoms with van der Waals surface area (Å²) in [4.78, 5) is 16.4. The van der Waals surface area contributed by atoms with Gasteiger partial charge in [-0.2, -0.15) is 0 Å². The third-order valence-electron chi connectivity index (χ3n) is 2.92. The number of anilines is 1. The molecule has 4 nitrogen and oxygen atoms in total. The van der Waals surface area contributed by atoms with Crippen LogP contribution in [0.5, 0.6) is 0 Å². The van der Waals surface area contributed by atoms with E-state index in [-0.39, 0.29) is 11.2 Å². The molecule has 1 amide bonds. The maximum atomic E-state index is 12.3. The van der Waals surface area contributed by atoms with Crippen LogP contribution in [0.2, 0.25) is 0 Å². The number of thioether (sulfide) groups is 1. The van der Waals surface area contributed by atoms with E-state index in [2.05, 4.69) is 10.3 Å². The van der Waals surface area contributed by atoms with Gasteiger partial charge in [0.15, 0.2) is 0 Å². The predicted molar refractivity (Wildman–Crippen MR) is 81.7 cm³/mol. The monoisotopic (exact) mass is 290 g/mol. The van der Waals surface area contributed by atoms with Gasteiger partial charge in [-0.05, 0) is 37.1 Å². The van der Waals surface area contributed by atoms with Crippen LogP contribution in [-0.4, -0.2) is 16.1 Å². The first-order valence-electron chi connectivity index (χ1n) is 6.57. The number of aryl methyl sites for hydroxylation is 1. The predicted octanol–water partition coefficient (Wildman–Crippen LogP) is 3.63. The second-order valence-corrected chi connectivity index (χ2v) is 5.64. The van der Waals surface area contributed by atoms with Crippen LogP contribution < -0.4 is 5.32 Å². The summed E-state index contributed by atoms with van der Waals surface area (Å²) < 4.78 is 5.28. The topological polar surface area (TPSA) is 55.1 Å². The van der Waals surface area contributed by atoms with E-state index in [1.165, 1.54) is 0 Å². The Hall–Kier alpha value is -1.75. The van der Waals surface area contributed by atoms with E-state index in [0.29, 0.717) is 11.6 Å². The van der Waals surface area contributed by atoms with Gasteiger partial charge in [-0.25, -0.2) is 4.98 Å². The van der Waals surface area contributed by atoms with Gasteiger partial charge in [-0.3, -0.25) is 4.79 Å². The van der Waals surface area contributed by atoms with Gasteiger partial charge < -0.3 is 9.73 Å². The molecule has 2 aromatic heterocycles. The first kappa shape index (κ1) is 14.7. The lowest BCUT2D eigenvalue weighted by Crippen LogP contribution is -2.25. The molecule has 5 heteroatoms. The number of aromatic nitrogens is 1. The number of pyridine rings is 1. The van der Waals surface area contributed by atoms with Crippen molar-refractivity contribution in [2.75, 3.05) is 5.32 Å². The maximum absolute atomic E-state index is 12.3. The molecule has 0 aromatic carbocycles. The molecule has 0 aliphatic carbocycles. The van der Waals surface area contributed by atoms with E-state index in [1.807, 2.05) is 38.1 Å². The van der Waals surface area contributed by atoms with E-state index >= 15 is 0 Å². The van der Waals surface area contributed by atoms with E-state index in [0.717, 1.165) is 17.7 Å². The summed E-state index contributed by atoms with van der Waals surface area (Å²) in [5, 5.41) is 2.78. The van der Waals surface area contributed by atoms with Crippen molar-refractivity contribution >= 4 is 23.5 Å². The molecule has 106 valence electrons. The third-order valence-corrected chi connectivity index (χ3v) is 4.32. The zero-order valence-corrected chi connectivity index (χ0v) is 12.4. The first-order chi connectivity index (χ1) is 9.70. The van der Waals surface area contributed by atoms with Crippen molar-refractivity contribution < 1.29 is 9.21 Å². The number of rotatable bonds is 6. The average Bonchev–Trinajstić information content (AvgIpc) is 2.95. The van der Waals surface area contributed by atoms with E-state index < -0.39 is 0 Å². The molecule has 0 aliphatic heterocycles. The van der Waals surface area contributed by atoms with Gasteiger partial charge in [-0.15, -0.1) is 11.8 Å². The molecule has 0 fully saturated rings. The van der Waals surface area contributed by atoms with Gasteiger partial charge in [-0.1, -0.05) is 13.0 Å². The summed E-state index contributed by atoms with van der Waals surface area (Å²) in [6, 6.07) is 7.56. The SMILES string of the molecule is CCC(SCc1ccco1)C(=O)Nc1ncccc1C. The highest BCUT2D eigenvalue weighted by atomic mass is 32.2. The molecule has 1 unspecified atom stereocenters. The lowest BCUT2D eigenvalue weighted by molar-refractivity contribution is -0.115. The molecule has 0 bridgehead atoms. The van der Waals surface area contributed by atoms with Gasteiger partial charge in [0.25, 0.3) is 0 Å². The molecular formula is C15H18N2O2S. The first-order valence-corrected chi connectivity index (χ1v) is 7.62. The van der Waals surface area contributed by atoms with Crippen LogP contribution in [0.1, 0.15) is 24.7 Å². The summed E-state index contributed by atoms with van der Waals surface area (Å²) in [5.74, 6) is 2.20. The zero-order valence-electron chi connectivity index (χ0n) is 11.6. The molecule has 0 aliphatic rings. The number of hydrogen-bond donors (Lipinski definition) is 1. The van der Waals surface area contributed by atoms with Gasteiger partial charge in [0, 0.05) is 6.20 Å². The molecule has 0 spiro atoms. The van der Waals surface area contributed by atoms with Gasteiger partial charge >= 0.3 is 0 Å². The molecular weight excluding hydrogens is 272 g/mol. The Kier molecular flexibility index (Phi) is 5.24. The van der Waals surface area contributed by atoms with Gasteiger partial charge in [0.1, 0.15) is 11.6 Å². The van der Waals surface area contributed by atoms with E-state index in [1.54, 1.807) is 24.2 Å². The molecule has 2 rings (SSSR count). The minimum Gasteiger partial charge on any atom is -0.468 e. The normalized spacial score (nSPS) is 12.1. The van der Waals surface area contributed by atoms with Gasteiger partial charge in [0.2, 0.25) is 5.91 Å². The Balaban J connectivity index is 1.93. The highest BCUT2D eigenvalue weighted by molar-refractivity contribution is 7.99. The minimum absolute atomic E-state index is 0.00847. The van der Waals surface area contributed by atoms with Crippen LogP contribution in [0, 0.1) is 6.92 Å². The van der Waals surface area contributed by atoms with E-state index in [9.17, 15) is 4.79 Å². The highest BCUT2D eigenvalue weighted by Gasteiger charge is 2.18. The number of amides is 1. The summed E-state index contributed by atoms with van der Waals surface area (Å²) in [6.07, 6.45) is 4.09. The number of carbonyl (C=O) groups excluding carboxylic acids is 1. The Morgan fingerprint density at radius 1 is 1.45 bits per heavy atom. The fourth-order valence-corrected chi connectivity index (χ4v) is 2.75. The van der Waals surface area contributed by atoms with Crippen molar-refractivity contribution in [3.8, 4) is 0 Å². The Morgan fingerprint density at radius 2 is 2.30 bits per heavy atom. The van der Waals surface area contributed by atoms with Crippen LogP contribution >= 0.6 is 11.8 Å². The number of nitrogens with zero attached hydrogens (tertiary/aromatic N) is 1. The van der Waals surface area contributed by atoms with Gasteiger partial charge in [0.05, 0.1) is 17.3 Å². The second-order valence-electron chi connectivity index (χ2n) is 4.45. The quantitative estimate of drug-likeness (QED) is 0.882. The smallest absolute Gasteiger partial charge is 0.238 e. The Bertz CT molecular complexity index is 555. The summed E-state index contributed by atoms with van der Waals surface area (Å²) in [5.41, 5.74) is 0.965. The summed E-state index contributed by atoms with van der Waals surface area (Å²) >= 11 is 1.58. The Labute approximate surface area is 123 Å². The van der Waals surface area contributed by atoms with Crippen LogP contribution in [0.15, 0.2) is 41.1 Å². The van der Waals surface area contributed by atoms with Crippen molar-refractivity contribution in [1.82, 2.24) is 4.98 Å². The molecule has 20 heavy (non-hydrogen) atoms. The largest absolute Gasteiger partial charge is 0.468 e. The maximum Gasteiger partial charge on any atom is 0.238 e. The van der Waals surface area contributed by atoms with Crippen molar-refractivity contribution in [1.29, 1.82) is 0 Å². The van der Waals surface area contributed by atoms with Crippen LogP contribution in [0.4, 0.5) is 5.82 Å². The number of carbonyl (C=O) groups is 1. The van der Waals surface area contributed by atoms with Crippen LogP contribution in [-0.2, 0) is 10.5 Å². The summed E-state index contributed by atoms with van der Waals surface area (Å²) in [7, 11) is 0. The molecule has 2 heterocycles. The van der Waals surface area contributed by atoms with Crippen LogP contribution in [0.25, 0.3) is 0 Å². The molecule has 2 aromatic rings. The van der Waals surface area contributed by atoms with Crippen molar-refractivity contribution in [3.05, 3.63) is 48.0 Å². The fourth-order valence-electron chi connectivity index (χ4n) is 1.77.